The normalized spacial score (nSPS) is 12.2. The Labute approximate surface area is 64.3 Å². The van der Waals surface area contributed by atoms with Gasteiger partial charge >= 0.3 is 0 Å². The first-order valence-electron chi connectivity index (χ1n) is 3.27. The number of rotatable bonds is 2. The van der Waals surface area contributed by atoms with Gasteiger partial charge in [0.1, 0.15) is 0 Å². The van der Waals surface area contributed by atoms with Crippen LogP contribution in [0.5, 0.6) is 0 Å². The standard InChI is InChI=1S/C6H9N5/c1-5(9-10-7)6-3-8-11(2)4-6/h3-5H,1-2H3/t5-/m0/s1. The monoisotopic (exact) mass is 151 g/mol. The molecular weight excluding hydrogens is 142 g/mol. The molecule has 1 aromatic rings. The molecule has 0 aliphatic heterocycles. The zero-order chi connectivity index (χ0) is 8.27. The Hall–Kier alpha value is -1.48. The SMILES string of the molecule is C[C@H](N=[N+]=[N-])c1cnn(C)c1. The highest BCUT2D eigenvalue weighted by atomic mass is 15.2. The van der Waals surface area contributed by atoms with Crippen LogP contribution in [-0.4, -0.2) is 9.78 Å². The minimum Gasteiger partial charge on any atom is -0.276 e. The van der Waals surface area contributed by atoms with Crippen molar-refractivity contribution in [3.8, 4) is 0 Å². The number of aryl methyl sites for hydroxylation is 1. The van der Waals surface area contributed by atoms with Gasteiger partial charge in [-0.1, -0.05) is 12.0 Å². The first-order valence-corrected chi connectivity index (χ1v) is 3.27. The molecule has 58 valence electrons. The van der Waals surface area contributed by atoms with Gasteiger partial charge in [-0.05, 0) is 11.1 Å². The summed E-state index contributed by atoms with van der Waals surface area (Å²) in [6.07, 6.45) is 3.53. The van der Waals surface area contributed by atoms with Crippen molar-refractivity contribution in [1.29, 1.82) is 0 Å². The average Bonchev–Trinajstić information content (AvgIpc) is 2.36. The average molecular weight is 151 g/mol. The third-order valence-corrected chi connectivity index (χ3v) is 1.43. The van der Waals surface area contributed by atoms with Crippen LogP contribution >= 0.6 is 0 Å². The molecule has 0 bridgehead atoms. The maximum absolute atomic E-state index is 8.14. The molecular formula is C6H9N5. The van der Waals surface area contributed by atoms with Gasteiger partial charge in [-0.3, -0.25) is 4.68 Å². The van der Waals surface area contributed by atoms with Crippen LogP contribution in [-0.2, 0) is 7.05 Å². The van der Waals surface area contributed by atoms with Gasteiger partial charge in [-0.2, -0.15) is 5.10 Å². The van der Waals surface area contributed by atoms with Crippen LogP contribution in [0.15, 0.2) is 17.5 Å². The van der Waals surface area contributed by atoms with E-state index < -0.39 is 0 Å². The van der Waals surface area contributed by atoms with Gasteiger partial charge in [0.15, 0.2) is 0 Å². The Balaban J connectivity index is 2.84. The minimum atomic E-state index is -0.131. The Bertz CT molecular complexity index is 283. The van der Waals surface area contributed by atoms with Crippen molar-refractivity contribution in [3.63, 3.8) is 0 Å². The molecule has 5 heteroatoms. The number of nitrogens with zero attached hydrogens (tertiary/aromatic N) is 5. The van der Waals surface area contributed by atoms with Crippen LogP contribution in [0.25, 0.3) is 10.4 Å². The minimum absolute atomic E-state index is 0.131. The molecule has 0 N–H and O–H groups in total. The molecule has 0 amide bonds. The van der Waals surface area contributed by atoms with Gasteiger partial charge in [-0.25, -0.2) is 0 Å². The van der Waals surface area contributed by atoms with Crippen LogP contribution in [0, 0.1) is 0 Å². The number of aromatic nitrogens is 2. The van der Waals surface area contributed by atoms with Crippen molar-refractivity contribution in [2.75, 3.05) is 0 Å². The van der Waals surface area contributed by atoms with E-state index in [1.165, 1.54) is 0 Å². The topological polar surface area (TPSA) is 66.6 Å². The smallest absolute Gasteiger partial charge is 0.0627 e. The van der Waals surface area contributed by atoms with Gasteiger partial charge in [0.2, 0.25) is 0 Å². The summed E-state index contributed by atoms with van der Waals surface area (Å²) in [5, 5.41) is 7.49. The Morgan fingerprint density at radius 2 is 2.55 bits per heavy atom. The third kappa shape index (κ3) is 1.72. The lowest BCUT2D eigenvalue weighted by atomic mass is 10.2. The van der Waals surface area contributed by atoms with Gasteiger partial charge in [0.05, 0.1) is 12.2 Å². The van der Waals surface area contributed by atoms with Crippen molar-refractivity contribution in [2.24, 2.45) is 12.2 Å². The third-order valence-electron chi connectivity index (χ3n) is 1.43. The first-order chi connectivity index (χ1) is 5.24. The van der Waals surface area contributed by atoms with Gasteiger partial charge in [0.25, 0.3) is 0 Å². The van der Waals surface area contributed by atoms with Crippen LogP contribution in [0.4, 0.5) is 0 Å². The lowest BCUT2D eigenvalue weighted by Crippen LogP contribution is -1.86. The maximum Gasteiger partial charge on any atom is 0.0627 e. The van der Waals surface area contributed by atoms with E-state index in [0.717, 1.165) is 5.56 Å². The number of hydrogen-bond donors (Lipinski definition) is 0. The van der Waals surface area contributed by atoms with Crippen LogP contribution in [0.1, 0.15) is 18.5 Å². The van der Waals surface area contributed by atoms with E-state index in [9.17, 15) is 0 Å². The fourth-order valence-electron chi connectivity index (χ4n) is 0.800. The predicted octanol–water partition coefficient (Wildman–Crippen LogP) is 1.79. The van der Waals surface area contributed by atoms with E-state index in [-0.39, 0.29) is 6.04 Å². The van der Waals surface area contributed by atoms with Gasteiger partial charge < -0.3 is 0 Å². The van der Waals surface area contributed by atoms with Crippen molar-refractivity contribution < 1.29 is 0 Å². The van der Waals surface area contributed by atoms with E-state index in [2.05, 4.69) is 15.1 Å². The van der Waals surface area contributed by atoms with Crippen LogP contribution < -0.4 is 0 Å². The molecule has 0 spiro atoms. The fraction of sp³-hybridized carbons (Fsp3) is 0.500. The Morgan fingerprint density at radius 1 is 1.82 bits per heavy atom. The molecule has 5 nitrogen and oxygen atoms in total. The molecule has 1 aromatic heterocycles. The van der Waals surface area contributed by atoms with Gasteiger partial charge in [0, 0.05) is 18.2 Å². The quantitative estimate of drug-likeness (QED) is 0.361. The molecule has 11 heavy (non-hydrogen) atoms. The van der Waals surface area contributed by atoms with E-state index in [1.54, 1.807) is 10.9 Å². The maximum atomic E-state index is 8.14. The van der Waals surface area contributed by atoms with Crippen LogP contribution in [0.2, 0.25) is 0 Å². The highest BCUT2D eigenvalue weighted by molar-refractivity contribution is 5.08. The summed E-state index contributed by atoms with van der Waals surface area (Å²) in [5.74, 6) is 0. The van der Waals surface area contributed by atoms with Crippen LogP contribution in [0.3, 0.4) is 0 Å². The Kier molecular flexibility index (Phi) is 2.13. The second-order valence-electron chi connectivity index (χ2n) is 2.33. The summed E-state index contributed by atoms with van der Waals surface area (Å²) in [6.45, 7) is 1.83. The molecule has 1 rings (SSSR count). The fourth-order valence-corrected chi connectivity index (χ4v) is 0.800. The molecule has 0 saturated carbocycles. The zero-order valence-electron chi connectivity index (χ0n) is 6.47. The van der Waals surface area contributed by atoms with E-state index >= 15 is 0 Å². The molecule has 0 saturated heterocycles. The number of hydrogen-bond acceptors (Lipinski definition) is 2. The zero-order valence-corrected chi connectivity index (χ0v) is 6.47. The van der Waals surface area contributed by atoms with E-state index in [1.807, 2.05) is 20.2 Å². The van der Waals surface area contributed by atoms with Crippen molar-refractivity contribution in [1.82, 2.24) is 9.78 Å². The Morgan fingerprint density at radius 3 is 3.00 bits per heavy atom. The number of azide groups is 1. The summed E-state index contributed by atoms with van der Waals surface area (Å²) >= 11 is 0. The molecule has 0 unspecified atom stereocenters. The summed E-state index contributed by atoms with van der Waals surface area (Å²) in [6, 6.07) is -0.131. The molecule has 0 fully saturated rings. The lowest BCUT2D eigenvalue weighted by molar-refractivity contribution is 0.761. The molecule has 0 aromatic carbocycles. The molecule has 1 atom stereocenters. The van der Waals surface area contributed by atoms with Crippen molar-refractivity contribution in [2.45, 2.75) is 13.0 Å². The molecule has 0 radical (unpaired) electrons. The summed E-state index contributed by atoms with van der Waals surface area (Å²) in [4.78, 5) is 2.71. The van der Waals surface area contributed by atoms with Crippen molar-refractivity contribution in [3.05, 3.63) is 28.4 Å². The molecule has 0 aliphatic rings. The van der Waals surface area contributed by atoms with Crippen molar-refractivity contribution >= 4 is 0 Å². The first kappa shape index (κ1) is 7.63. The second-order valence-corrected chi connectivity index (χ2v) is 2.33. The summed E-state index contributed by atoms with van der Waals surface area (Å²) < 4.78 is 1.68. The highest BCUT2D eigenvalue weighted by Crippen LogP contribution is 2.14. The largest absolute Gasteiger partial charge is 0.276 e. The predicted molar refractivity (Wildman–Crippen MR) is 40.8 cm³/mol. The van der Waals surface area contributed by atoms with E-state index in [4.69, 9.17) is 5.53 Å². The molecule has 1 heterocycles. The highest BCUT2D eigenvalue weighted by Gasteiger charge is 2.03. The second kappa shape index (κ2) is 3.07. The van der Waals surface area contributed by atoms with E-state index in [0.29, 0.717) is 0 Å². The molecule has 0 aliphatic carbocycles. The summed E-state index contributed by atoms with van der Waals surface area (Å²) in [5.41, 5.74) is 9.07. The summed E-state index contributed by atoms with van der Waals surface area (Å²) in [7, 11) is 1.83. The lowest BCUT2D eigenvalue weighted by Gasteiger charge is -1.96. The van der Waals surface area contributed by atoms with Gasteiger partial charge in [-0.15, -0.1) is 0 Å².